The van der Waals surface area contributed by atoms with E-state index in [2.05, 4.69) is 0 Å². The van der Waals surface area contributed by atoms with E-state index in [1.807, 2.05) is 60.7 Å². The number of ether oxygens (including phenoxy) is 8. The van der Waals surface area contributed by atoms with Crippen LogP contribution in [0.1, 0.15) is 59.5 Å². The lowest BCUT2D eigenvalue weighted by Gasteiger charge is -2.39. The molecule has 9 nitrogen and oxygen atoms in total. The van der Waals surface area contributed by atoms with Crippen molar-refractivity contribution < 1.29 is 43.0 Å². The summed E-state index contributed by atoms with van der Waals surface area (Å²) in [5, 5.41) is 11.5. The second kappa shape index (κ2) is 12.5. The molecule has 0 aromatic heterocycles. The van der Waals surface area contributed by atoms with Gasteiger partial charge >= 0.3 is 0 Å². The number of aromatic hydroxyl groups is 1. The number of methoxy groups -OCH3 is 5. The summed E-state index contributed by atoms with van der Waals surface area (Å²) in [5.74, 6) is 2.87. The largest absolute Gasteiger partial charge is 0.504 e. The third-order valence-electron chi connectivity index (χ3n) is 8.19. The summed E-state index contributed by atoms with van der Waals surface area (Å²) in [6, 6.07) is 23.5. The number of hydrogen-bond donors (Lipinski definition) is 1. The molecular weight excluding hydrogens is 564 g/mol. The maximum Gasteiger partial charge on any atom is 0.203 e. The molecule has 4 aromatic rings. The van der Waals surface area contributed by atoms with Gasteiger partial charge in [-0.05, 0) is 11.1 Å². The second-order valence-corrected chi connectivity index (χ2v) is 10.5. The van der Waals surface area contributed by atoms with Gasteiger partial charge in [0.05, 0.1) is 58.9 Å². The van der Waals surface area contributed by atoms with Crippen LogP contribution in [0.2, 0.25) is 0 Å². The number of phenols is 1. The van der Waals surface area contributed by atoms with Gasteiger partial charge in [-0.25, -0.2) is 0 Å². The number of phenolic OH excluding ortho intramolecular Hbond substituents is 1. The van der Waals surface area contributed by atoms with Gasteiger partial charge in [-0.3, -0.25) is 0 Å². The van der Waals surface area contributed by atoms with Gasteiger partial charge in [0.1, 0.15) is 23.7 Å². The van der Waals surface area contributed by atoms with Crippen LogP contribution in [0.15, 0.2) is 72.8 Å². The molecule has 2 aliphatic heterocycles. The van der Waals surface area contributed by atoms with Gasteiger partial charge in [-0.1, -0.05) is 60.7 Å². The van der Waals surface area contributed by atoms with E-state index < -0.39 is 12.2 Å². The van der Waals surface area contributed by atoms with Gasteiger partial charge in [0, 0.05) is 25.0 Å². The number of fused-ring (bicyclic) bond motifs is 2. The molecule has 2 aliphatic rings. The van der Waals surface area contributed by atoms with Crippen molar-refractivity contribution in [3.05, 3.63) is 95.1 Å². The molecule has 0 saturated carbocycles. The molecular formula is C35H36O9. The summed E-state index contributed by atoms with van der Waals surface area (Å²) in [6.07, 6.45) is -0.896. The van der Waals surface area contributed by atoms with Crippen LogP contribution in [0.3, 0.4) is 0 Å². The van der Waals surface area contributed by atoms with Crippen LogP contribution in [-0.2, 0) is 4.74 Å². The van der Waals surface area contributed by atoms with Crippen molar-refractivity contribution in [3.8, 4) is 46.0 Å². The molecule has 0 spiro atoms. The van der Waals surface area contributed by atoms with Crippen molar-refractivity contribution in [2.75, 3.05) is 35.5 Å². The van der Waals surface area contributed by atoms with Gasteiger partial charge in [-0.15, -0.1) is 0 Å². The normalized spacial score (nSPS) is 20.3. The lowest BCUT2D eigenvalue weighted by Crippen LogP contribution is -2.26. The molecule has 4 atom stereocenters. The minimum absolute atomic E-state index is 0.0930. The fraction of sp³-hybridized carbons (Fsp3) is 0.314. The molecule has 0 unspecified atom stereocenters. The van der Waals surface area contributed by atoms with Gasteiger partial charge in [0.25, 0.3) is 0 Å². The SMILES string of the molecule is COc1cc2c(c(O)c1OC)[C@H](O[C@@H]1C[C@@H](c3ccccc3)Oc3cc(OC)c(OC)c(OC)c31)C[C@@H](c1ccccc1)O2. The third kappa shape index (κ3) is 5.17. The zero-order chi connectivity index (χ0) is 30.8. The third-order valence-corrected chi connectivity index (χ3v) is 8.19. The Kier molecular flexibility index (Phi) is 8.30. The van der Waals surface area contributed by atoms with Crippen molar-refractivity contribution in [3.63, 3.8) is 0 Å². The maximum absolute atomic E-state index is 11.5. The minimum Gasteiger partial charge on any atom is -0.504 e. The minimum atomic E-state index is -0.603. The Morgan fingerprint density at radius 3 is 1.50 bits per heavy atom. The standard InChI is InChI=1S/C35H36O9/c1-37-28-18-25-30(32(36)33(28)39-3)24(16-22(42-25)20-12-8-6-9-13-20)44-26-17-23(21-14-10-7-11-15-21)43-27-19-29(38-2)34(40-4)35(41-5)31(26)27/h6-15,18-19,22-24,26,36H,16-17H2,1-5H3/t22-,23-,24+,26+/m0/s1. The smallest absolute Gasteiger partial charge is 0.203 e. The van der Waals surface area contributed by atoms with Crippen molar-refractivity contribution >= 4 is 0 Å². The van der Waals surface area contributed by atoms with E-state index in [0.29, 0.717) is 58.5 Å². The lowest BCUT2D eigenvalue weighted by molar-refractivity contribution is -0.0757. The molecule has 230 valence electrons. The first-order valence-electron chi connectivity index (χ1n) is 14.4. The Bertz CT molecular complexity index is 1610. The first-order valence-corrected chi connectivity index (χ1v) is 14.4. The van der Waals surface area contributed by atoms with Crippen LogP contribution in [-0.4, -0.2) is 40.7 Å². The zero-order valence-electron chi connectivity index (χ0n) is 25.4. The van der Waals surface area contributed by atoms with Crippen molar-refractivity contribution in [1.29, 1.82) is 0 Å². The molecule has 0 saturated heterocycles. The van der Waals surface area contributed by atoms with E-state index in [1.165, 1.54) is 14.2 Å². The highest BCUT2D eigenvalue weighted by Gasteiger charge is 2.41. The average Bonchev–Trinajstić information content (AvgIpc) is 3.07. The highest BCUT2D eigenvalue weighted by molar-refractivity contribution is 5.64. The summed E-state index contributed by atoms with van der Waals surface area (Å²) in [7, 11) is 7.72. The van der Waals surface area contributed by atoms with E-state index >= 15 is 0 Å². The molecule has 0 radical (unpaired) electrons. The first-order chi connectivity index (χ1) is 21.5. The molecule has 4 aromatic carbocycles. The molecule has 0 aliphatic carbocycles. The Labute approximate surface area is 256 Å². The van der Waals surface area contributed by atoms with E-state index in [-0.39, 0.29) is 23.7 Å². The van der Waals surface area contributed by atoms with Crippen LogP contribution in [0, 0.1) is 0 Å². The molecule has 44 heavy (non-hydrogen) atoms. The predicted molar refractivity (Wildman–Crippen MR) is 163 cm³/mol. The summed E-state index contributed by atoms with van der Waals surface area (Å²) in [6.45, 7) is 0. The molecule has 6 rings (SSSR count). The fourth-order valence-electron chi connectivity index (χ4n) is 6.15. The maximum atomic E-state index is 11.5. The van der Waals surface area contributed by atoms with Gasteiger partial charge in [0.2, 0.25) is 11.5 Å². The monoisotopic (exact) mass is 600 g/mol. The van der Waals surface area contributed by atoms with E-state index in [4.69, 9.17) is 37.9 Å². The van der Waals surface area contributed by atoms with Gasteiger partial charge in [0.15, 0.2) is 23.0 Å². The quantitative estimate of drug-likeness (QED) is 0.213. The van der Waals surface area contributed by atoms with Crippen LogP contribution >= 0.6 is 0 Å². The summed E-state index contributed by atoms with van der Waals surface area (Å²) in [4.78, 5) is 0. The lowest BCUT2D eigenvalue weighted by atomic mass is 9.91. The van der Waals surface area contributed by atoms with Crippen LogP contribution in [0.25, 0.3) is 0 Å². The van der Waals surface area contributed by atoms with Gasteiger partial charge in [-0.2, -0.15) is 0 Å². The number of rotatable bonds is 9. The zero-order valence-corrected chi connectivity index (χ0v) is 25.4. The van der Waals surface area contributed by atoms with Crippen LogP contribution in [0.5, 0.6) is 46.0 Å². The average molecular weight is 601 g/mol. The Morgan fingerprint density at radius 1 is 0.568 bits per heavy atom. The van der Waals surface area contributed by atoms with E-state index in [1.54, 1.807) is 33.5 Å². The molecule has 9 heteroatoms. The van der Waals surface area contributed by atoms with Crippen molar-refractivity contribution in [1.82, 2.24) is 0 Å². The second-order valence-electron chi connectivity index (χ2n) is 10.5. The Morgan fingerprint density at radius 2 is 1.02 bits per heavy atom. The molecule has 0 bridgehead atoms. The molecule has 1 N–H and O–H groups in total. The van der Waals surface area contributed by atoms with Gasteiger partial charge < -0.3 is 43.0 Å². The Balaban J connectivity index is 1.49. The van der Waals surface area contributed by atoms with E-state index in [9.17, 15) is 5.11 Å². The van der Waals surface area contributed by atoms with Crippen molar-refractivity contribution in [2.24, 2.45) is 0 Å². The number of benzene rings is 4. The first kappa shape index (κ1) is 29.3. The summed E-state index contributed by atoms with van der Waals surface area (Å²) in [5.41, 5.74) is 3.17. The van der Waals surface area contributed by atoms with Crippen LogP contribution in [0.4, 0.5) is 0 Å². The van der Waals surface area contributed by atoms with Crippen molar-refractivity contribution in [2.45, 2.75) is 37.3 Å². The summed E-state index contributed by atoms with van der Waals surface area (Å²) >= 11 is 0. The Hall–Kier alpha value is -4.76. The van der Waals surface area contributed by atoms with E-state index in [0.717, 1.165) is 11.1 Å². The van der Waals surface area contributed by atoms with Crippen LogP contribution < -0.4 is 33.2 Å². The highest BCUT2D eigenvalue weighted by Crippen LogP contribution is 2.58. The topological polar surface area (TPSA) is 94.1 Å². The molecule has 0 amide bonds. The number of hydrogen-bond acceptors (Lipinski definition) is 9. The fourth-order valence-corrected chi connectivity index (χ4v) is 6.15. The summed E-state index contributed by atoms with van der Waals surface area (Å²) < 4.78 is 48.5. The predicted octanol–water partition coefficient (Wildman–Crippen LogP) is 7.28. The highest BCUT2D eigenvalue weighted by atomic mass is 16.6. The molecule has 2 heterocycles. The molecule has 0 fully saturated rings.